The summed E-state index contributed by atoms with van der Waals surface area (Å²) in [6, 6.07) is 18.3. The molecule has 0 saturated heterocycles. The fourth-order valence-electron chi connectivity index (χ4n) is 1.80. The van der Waals surface area contributed by atoms with Crippen LogP contribution in [0.5, 0.6) is 0 Å². The van der Waals surface area contributed by atoms with E-state index in [-0.39, 0.29) is 0 Å². The number of benzene rings is 2. The van der Waals surface area contributed by atoms with Crippen LogP contribution in [0, 0.1) is 0 Å². The van der Waals surface area contributed by atoms with Gasteiger partial charge >= 0.3 is 0 Å². The molecular formula is C15H13NOS. The molecule has 0 amide bonds. The van der Waals surface area contributed by atoms with Gasteiger partial charge in [-0.25, -0.2) is 4.98 Å². The first-order chi connectivity index (χ1) is 8.92. The minimum Gasteiger partial charge on any atom is -0.441 e. The summed E-state index contributed by atoms with van der Waals surface area (Å²) in [4.78, 5) is 5.75. The van der Waals surface area contributed by atoms with Crippen molar-refractivity contribution in [1.82, 2.24) is 4.98 Å². The van der Waals surface area contributed by atoms with Gasteiger partial charge in [-0.3, -0.25) is 0 Å². The second-order valence-electron chi connectivity index (χ2n) is 3.99. The summed E-state index contributed by atoms with van der Waals surface area (Å²) in [5.74, 6) is 1.80. The Morgan fingerprint density at radius 3 is 2.56 bits per heavy atom. The van der Waals surface area contributed by atoms with E-state index in [1.54, 1.807) is 0 Å². The Morgan fingerprint density at radius 2 is 1.72 bits per heavy atom. The molecule has 18 heavy (non-hydrogen) atoms. The molecule has 3 aromatic rings. The molecule has 0 atom stereocenters. The number of fused-ring (bicyclic) bond motifs is 1. The number of rotatable bonds is 4. The van der Waals surface area contributed by atoms with E-state index in [0.717, 1.165) is 29.2 Å². The van der Waals surface area contributed by atoms with E-state index in [1.807, 2.05) is 42.1 Å². The van der Waals surface area contributed by atoms with Crippen molar-refractivity contribution in [3.8, 4) is 0 Å². The van der Waals surface area contributed by atoms with E-state index in [0.29, 0.717) is 0 Å². The Balaban J connectivity index is 1.63. The minimum atomic E-state index is 0.819. The average molecular weight is 255 g/mol. The highest BCUT2D eigenvalue weighted by Crippen LogP contribution is 2.20. The summed E-state index contributed by atoms with van der Waals surface area (Å²) in [6.07, 6.45) is 0.855. The van der Waals surface area contributed by atoms with E-state index >= 15 is 0 Å². The number of hydrogen-bond acceptors (Lipinski definition) is 3. The smallest absolute Gasteiger partial charge is 0.196 e. The van der Waals surface area contributed by atoms with Gasteiger partial charge in [-0.05, 0) is 24.3 Å². The fourth-order valence-corrected chi connectivity index (χ4v) is 2.66. The first-order valence-electron chi connectivity index (χ1n) is 5.94. The second kappa shape index (κ2) is 5.27. The molecule has 0 unspecified atom stereocenters. The lowest BCUT2D eigenvalue weighted by Crippen LogP contribution is -1.87. The van der Waals surface area contributed by atoms with Crippen molar-refractivity contribution >= 4 is 22.9 Å². The Hall–Kier alpha value is -1.74. The molecule has 0 aliphatic rings. The van der Waals surface area contributed by atoms with E-state index in [4.69, 9.17) is 4.42 Å². The molecule has 2 aromatic carbocycles. The zero-order valence-corrected chi connectivity index (χ0v) is 10.7. The summed E-state index contributed by atoms with van der Waals surface area (Å²) in [7, 11) is 0. The monoisotopic (exact) mass is 255 g/mol. The number of nitrogens with zero attached hydrogens (tertiary/aromatic N) is 1. The maximum atomic E-state index is 5.68. The Kier molecular flexibility index (Phi) is 3.33. The highest BCUT2D eigenvalue weighted by Gasteiger charge is 2.04. The van der Waals surface area contributed by atoms with Crippen LogP contribution in [0.3, 0.4) is 0 Å². The molecule has 0 saturated carbocycles. The lowest BCUT2D eigenvalue weighted by molar-refractivity contribution is 0.539. The molecule has 3 rings (SSSR count). The zero-order chi connectivity index (χ0) is 12.2. The summed E-state index contributed by atoms with van der Waals surface area (Å²) < 4.78 is 5.68. The molecule has 1 heterocycles. The normalized spacial score (nSPS) is 10.9. The van der Waals surface area contributed by atoms with Gasteiger partial charge in [-0.15, -0.1) is 11.8 Å². The third-order valence-corrected chi connectivity index (χ3v) is 3.68. The van der Waals surface area contributed by atoms with Gasteiger partial charge in [0.25, 0.3) is 0 Å². The summed E-state index contributed by atoms with van der Waals surface area (Å²) >= 11 is 1.83. The van der Waals surface area contributed by atoms with Crippen LogP contribution in [0.4, 0.5) is 0 Å². The quantitative estimate of drug-likeness (QED) is 0.655. The van der Waals surface area contributed by atoms with Gasteiger partial charge in [-0.1, -0.05) is 30.3 Å². The number of thioether (sulfide) groups is 1. The van der Waals surface area contributed by atoms with E-state index in [1.165, 1.54) is 4.90 Å². The van der Waals surface area contributed by atoms with Crippen molar-refractivity contribution in [2.24, 2.45) is 0 Å². The molecule has 1 aromatic heterocycles. The summed E-state index contributed by atoms with van der Waals surface area (Å²) in [5.41, 5.74) is 1.81. The first kappa shape index (κ1) is 11.4. The lowest BCUT2D eigenvalue weighted by atomic mass is 10.3. The predicted octanol–water partition coefficient (Wildman–Crippen LogP) is 4.16. The lowest BCUT2D eigenvalue weighted by Gasteiger charge is -1.98. The van der Waals surface area contributed by atoms with Crippen molar-refractivity contribution in [3.63, 3.8) is 0 Å². The van der Waals surface area contributed by atoms with Crippen LogP contribution >= 0.6 is 11.8 Å². The van der Waals surface area contributed by atoms with Gasteiger partial charge in [0.15, 0.2) is 11.5 Å². The largest absolute Gasteiger partial charge is 0.441 e. The van der Waals surface area contributed by atoms with Crippen molar-refractivity contribution in [1.29, 1.82) is 0 Å². The second-order valence-corrected chi connectivity index (χ2v) is 5.16. The highest BCUT2D eigenvalue weighted by molar-refractivity contribution is 7.99. The topological polar surface area (TPSA) is 26.0 Å². The van der Waals surface area contributed by atoms with Gasteiger partial charge in [-0.2, -0.15) is 0 Å². The van der Waals surface area contributed by atoms with Gasteiger partial charge in [0, 0.05) is 17.1 Å². The third kappa shape index (κ3) is 2.57. The van der Waals surface area contributed by atoms with Gasteiger partial charge in [0.05, 0.1) is 0 Å². The van der Waals surface area contributed by atoms with Crippen LogP contribution < -0.4 is 0 Å². The SMILES string of the molecule is c1ccc(SCCc2nc3ccccc3o2)cc1. The van der Waals surface area contributed by atoms with Gasteiger partial charge in [0.2, 0.25) is 0 Å². The Labute approximate surface area is 110 Å². The van der Waals surface area contributed by atoms with Crippen LogP contribution in [0.15, 0.2) is 63.9 Å². The molecule has 0 spiro atoms. The average Bonchev–Trinajstić information content (AvgIpc) is 2.82. The molecule has 0 N–H and O–H groups in total. The molecule has 0 fully saturated rings. The molecule has 90 valence electrons. The molecule has 3 heteroatoms. The number of aromatic nitrogens is 1. The molecule has 0 aliphatic carbocycles. The maximum absolute atomic E-state index is 5.68. The number of oxazole rings is 1. The van der Waals surface area contributed by atoms with Crippen molar-refractivity contribution < 1.29 is 4.42 Å². The van der Waals surface area contributed by atoms with E-state index < -0.39 is 0 Å². The Morgan fingerprint density at radius 1 is 0.944 bits per heavy atom. The van der Waals surface area contributed by atoms with E-state index in [2.05, 4.69) is 29.2 Å². The predicted molar refractivity (Wildman–Crippen MR) is 74.9 cm³/mol. The third-order valence-electron chi connectivity index (χ3n) is 2.67. The standard InChI is InChI=1S/C15H13NOS/c1-2-6-12(7-3-1)18-11-10-15-16-13-8-4-5-9-14(13)17-15/h1-9H,10-11H2. The van der Waals surface area contributed by atoms with Crippen LogP contribution in [0.25, 0.3) is 11.1 Å². The van der Waals surface area contributed by atoms with E-state index in [9.17, 15) is 0 Å². The van der Waals surface area contributed by atoms with Gasteiger partial charge in [0.1, 0.15) is 5.52 Å². The minimum absolute atomic E-state index is 0.819. The Bertz CT molecular complexity index is 600. The fraction of sp³-hybridized carbons (Fsp3) is 0.133. The molecule has 2 nitrogen and oxygen atoms in total. The highest BCUT2D eigenvalue weighted by atomic mass is 32.2. The van der Waals surface area contributed by atoms with Crippen molar-refractivity contribution in [2.75, 3.05) is 5.75 Å². The first-order valence-corrected chi connectivity index (χ1v) is 6.93. The molecule has 0 aliphatic heterocycles. The van der Waals surface area contributed by atoms with Crippen LogP contribution in [-0.4, -0.2) is 10.7 Å². The number of para-hydroxylation sites is 2. The van der Waals surface area contributed by atoms with Crippen LogP contribution in [0.2, 0.25) is 0 Å². The molecule has 0 bridgehead atoms. The summed E-state index contributed by atoms with van der Waals surface area (Å²) in [6.45, 7) is 0. The van der Waals surface area contributed by atoms with Crippen LogP contribution in [-0.2, 0) is 6.42 Å². The zero-order valence-electron chi connectivity index (χ0n) is 9.87. The van der Waals surface area contributed by atoms with Gasteiger partial charge < -0.3 is 4.42 Å². The van der Waals surface area contributed by atoms with Crippen molar-refractivity contribution in [3.05, 3.63) is 60.5 Å². The number of aryl methyl sites for hydroxylation is 1. The van der Waals surface area contributed by atoms with Crippen molar-refractivity contribution in [2.45, 2.75) is 11.3 Å². The van der Waals surface area contributed by atoms with Crippen LogP contribution in [0.1, 0.15) is 5.89 Å². The maximum Gasteiger partial charge on any atom is 0.196 e. The summed E-state index contributed by atoms with van der Waals surface area (Å²) in [5, 5.41) is 0. The molecule has 0 radical (unpaired) electrons. The molecular weight excluding hydrogens is 242 g/mol. The number of hydrogen-bond donors (Lipinski definition) is 0.